The van der Waals surface area contributed by atoms with E-state index in [1.807, 2.05) is 19.2 Å². The minimum Gasteiger partial charge on any atom is -0.465 e. The molecule has 7 nitrogen and oxygen atoms in total. The Balaban J connectivity index is 1.66. The molecule has 0 spiro atoms. The summed E-state index contributed by atoms with van der Waals surface area (Å²) in [6.45, 7) is 2.96. The molecule has 126 valence electrons. The normalized spacial score (nSPS) is 18.8. The fraction of sp³-hybridized carbons (Fsp3) is 0.529. The van der Waals surface area contributed by atoms with E-state index in [2.05, 4.69) is 10.1 Å². The molecular weight excluding hydrogens is 308 g/mol. The van der Waals surface area contributed by atoms with Gasteiger partial charge in [-0.3, -0.25) is 0 Å². The minimum atomic E-state index is -0.846. The highest BCUT2D eigenvalue weighted by molar-refractivity contribution is 5.65. The fourth-order valence-electron chi connectivity index (χ4n) is 3.28. The molecule has 0 unspecified atom stereocenters. The van der Waals surface area contributed by atoms with Gasteiger partial charge in [-0.25, -0.2) is 14.8 Å². The molecule has 1 aliphatic carbocycles. The third-order valence-electron chi connectivity index (χ3n) is 4.82. The van der Waals surface area contributed by atoms with Crippen molar-refractivity contribution < 1.29 is 14.4 Å². The Morgan fingerprint density at radius 2 is 2.00 bits per heavy atom. The maximum Gasteiger partial charge on any atom is 0.407 e. The zero-order valence-electron chi connectivity index (χ0n) is 13.6. The van der Waals surface area contributed by atoms with Crippen LogP contribution in [0.4, 0.5) is 4.79 Å². The number of hydrogen-bond acceptors (Lipinski definition) is 5. The average Bonchev–Trinajstić information content (AvgIpc) is 3.36. The molecule has 1 saturated heterocycles. The molecule has 0 radical (unpaired) electrons. The van der Waals surface area contributed by atoms with Crippen LogP contribution in [0.5, 0.6) is 0 Å². The molecule has 7 heteroatoms. The number of aryl methyl sites for hydroxylation is 1. The molecule has 1 aliphatic heterocycles. The standard InChI is InChI=1S/C17H20N4O3/c1-10-8-14(24-20-10)13-9-18-16(12-2-3-12)19-15(13)11-4-6-21(7-5-11)17(22)23/h8-9,11-12H,2-7H2,1H3,(H,22,23). The molecule has 4 rings (SSSR count). The molecule has 0 bridgehead atoms. The van der Waals surface area contributed by atoms with Crippen molar-refractivity contribution in [2.75, 3.05) is 13.1 Å². The lowest BCUT2D eigenvalue weighted by molar-refractivity contribution is 0.131. The van der Waals surface area contributed by atoms with Gasteiger partial charge in [0.25, 0.3) is 0 Å². The molecule has 2 fully saturated rings. The monoisotopic (exact) mass is 328 g/mol. The van der Waals surface area contributed by atoms with E-state index in [1.165, 1.54) is 4.90 Å². The first kappa shape index (κ1) is 15.1. The number of amides is 1. The maximum atomic E-state index is 11.1. The van der Waals surface area contributed by atoms with Gasteiger partial charge in [-0.05, 0) is 32.6 Å². The molecule has 24 heavy (non-hydrogen) atoms. The summed E-state index contributed by atoms with van der Waals surface area (Å²) in [6.07, 6.45) is 4.84. The van der Waals surface area contributed by atoms with Crippen LogP contribution >= 0.6 is 0 Å². The fourth-order valence-corrected chi connectivity index (χ4v) is 3.28. The zero-order chi connectivity index (χ0) is 16.7. The Morgan fingerprint density at radius 3 is 2.58 bits per heavy atom. The van der Waals surface area contributed by atoms with Crippen LogP contribution in [-0.4, -0.2) is 44.3 Å². The van der Waals surface area contributed by atoms with E-state index in [9.17, 15) is 4.79 Å². The molecule has 1 N–H and O–H groups in total. The van der Waals surface area contributed by atoms with E-state index < -0.39 is 6.09 Å². The van der Waals surface area contributed by atoms with Crippen LogP contribution in [0.1, 0.15) is 54.7 Å². The Morgan fingerprint density at radius 1 is 1.25 bits per heavy atom. The summed E-state index contributed by atoms with van der Waals surface area (Å²) in [5.74, 6) is 2.30. The second-order valence-electron chi connectivity index (χ2n) is 6.68. The van der Waals surface area contributed by atoms with E-state index in [4.69, 9.17) is 14.6 Å². The van der Waals surface area contributed by atoms with Crippen LogP contribution in [0, 0.1) is 6.92 Å². The van der Waals surface area contributed by atoms with Crippen LogP contribution in [0.25, 0.3) is 11.3 Å². The zero-order valence-corrected chi connectivity index (χ0v) is 13.6. The van der Waals surface area contributed by atoms with Gasteiger partial charge in [0.1, 0.15) is 5.82 Å². The number of likely N-dealkylation sites (tertiary alicyclic amines) is 1. The molecule has 2 aromatic rings. The number of carboxylic acid groups (broad SMARTS) is 1. The molecule has 0 aromatic carbocycles. The van der Waals surface area contributed by atoms with Crippen LogP contribution in [0.2, 0.25) is 0 Å². The SMILES string of the molecule is Cc1cc(-c2cnc(C3CC3)nc2C2CCN(C(=O)O)CC2)on1. The Labute approximate surface area is 139 Å². The van der Waals surface area contributed by atoms with Gasteiger partial charge < -0.3 is 14.5 Å². The summed E-state index contributed by atoms with van der Waals surface area (Å²) in [5.41, 5.74) is 2.68. The Hall–Kier alpha value is -2.44. The number of rotatable bonds is 3. The van der Waals surface area contributed by atoms with E-state index in [1.54, 1.807) is 0 Å². The van der Waals surface area contributed by atoms with Crippen molar-refractivity contribution in [1.82, 2.24) is 20.0 Å². The van der Waals surface area contributed by atoms with E-state index in [0.717, 1.165) is 48.5 Å². The van der Waals surface area contributed by atoms with Crippen LogP contribution in [0.15, 0.2) is 16.8 Å². The predicted octanol–water partition coefficient (Wildman–Crippen LogP) is 3.17. The van der Waals surface area contributed by atoms with Gasteiger partial charge in [0.2, 0.25) is 0 Å². The summed E-state index contributed by atoms with van der Waals surface area (Å²) in [7, 11) is 0. The Kier molecular flexibility index (Phi) is 3.70. The summed E-state index contributed by atoms with van der Waals surface area (Å²) in [6, 6.07) is 1.89. The quantitative estimate of drug-likeness (QED) is 0.930. The van der Waals surface area contributed by atoms with Crippen molar-refractivity contribution in [1.29, 1.82) is 0 Å². The molecule has 1 amide bonds. The summed E-state index contributed by atoms with van der Waals surface area (Å²) in [4.78, 5) is 22.0. The molecule has 3 heterocycles. The molecule has 0 atom stereocenters. The lowest BCUT2D eigenvalue weighted by Gasteiger charge is -2.30. The number of piperidine rings is 1. The van der Waals surface area contributed by atoms with Crippen molar-refractivity contribution in [2.45, 2.75) is 44.4 Å². The third-order valence-corrected chi connectivity index (χ3v) is 4.82. The van der Waals surface area contributed by atoms with Crippen molar-refractivity contribution in [3.05, 3.63) is 29.5 Å². The highest BCUT2D eigenvalue weighted by atomic mass is 16.5. The van der Waals surface area contributed by atoms with Crippen LogP contribution in [0.3, 0.4) is 0 Å². The second-order valence-corrected chi connectivity index (χ2v) is 6.68. The minimum absolute atomic E-state index is 0.224. The van der Waals surface area contributed by atoms with Gasteiger partial charge >= 0.3 is 6.09 Å². The van der Waals surface area contributed by atoms with Gasteiger partial charge in [-0.2, -0.15) is 0 Å². The summed E-state index contributed by atoms with van der Waals surface area (Å²) >= 11 is 0. The predicted molar refractivity (Wildman–Crippen MR) is 85.8 cm³/mol. The van der Waals surface area contributed by atoms with Gasteiger partial charge in [-0.15, -0.1) is 0 Å². The average molecular weight is 328 g/mol. The summed E-state index contributed by atoms with van der Waals surface area (Å²) < 4.78 is 5.42. The van der Waals surface area contributed by atoms with Gasteiger partial charge in [-0.1, -0.05) is 5.16 Å². The van der Waals surface area contributed by atoms with E-state index >= 15 is 0 Å². The third kappa shape index (κ3) is 2.86. The highest BCUT2D eigenvalue weighted by Gasteiger charge is 2.31. The lowest BCUT2D eigenvalue weighted by Crippen LogP contribution is -2.37. The number of carbonyl (C=O) groups is 1. The van der Waals surface area contributed by atoms with Crippen molar-refractivity contribution in [2.24, 2.45) is 0 Å². The van der Waals surface area contributed by atoms with Crippen LogP contribution < -0.4 is 0 Å². The van der Waals surface area contributed by atoms with Crippen molar-refractivity contribution in [3.8, 4) is 11.3 Å². The van der Waals surface area contributed by atoms with Crippen molar-refractivity contribution >= 4 is 6.09 Å². The van der Waals surface area contributed by atoms with Gasteiger partial charge in [0.15, 0.2) is 5.76 Å². The highest BCUT2D eigenvalue weighted by Crippen LogP contribution is 2.40. The van der Waals surface area contributed by atoms with E-state index in [0.29, 0.717) is 24.8 Å². The summed E-state index contributed by atoms with van der Waals surface area (Å²) in [5, 5.41) is 13.1. The topological polar surface area (TPSA) is 92.4 Å². The largest absolute Gasteiger partial charge is 0.465 e. The smallest absolute Gasteiger partial charge is 0.407 e. The van der Waals surface area contributed by atoms with E-state index in [-0.39, 0.29) is 5.92 Å². The first-order valence-electron chi connectivity index (χ1n) is 8.40. The van der Waals surface area contributed by atoms with Crippen LogP contribution in [-0.2, 0) is 0 Å². The molecular formula is C17H20N4O3. The van der Waals surface area contributed by atoms with Gasteiger partial charge in [0, 0.05) is 37.2 Å². The second kappa shape index (κ2) is 5.89. The lowest BCUT2D eigenvalue weighted by atomic mass is 9.90. The molecule has 2 aliphatic rings. The first-order valence-corrected chi connectivity index (χ1v) is 8.40. The maximum absolute atomic E-state index is 11.1. The number of aromatic nitrogens is 3. The van der Waals surface area contributed by atoms with Gasteiger partial charge in [0.05, 0.1) is 17.0 Å². The number of hydrogen-bond donors (Lipinski definition) is 1. The number of nitrogens with zero attached hydrogens (tertiary/aromatic N) is 4. The first-order chi connectivity index (χ1) is 11.6. The Bertz CT molecular complexity index is 761. The molecule has 1 saturated carbocycles. The van der Waals surface area contributed by atoms with Crippen molar-refractivity contribution in [3.63, 3.8) is 0 Å². The molecule has 2 aromatic heterocycles.